The molecule has 2 aromatic rings. The molecule has 0 fully saturated rings. The lowest BCUT2D eigenvalue weighted by Crippen LogP contribution is -2.08. The van der Waals surface area contributed by atoms with Crippen molar-refractivity contribution in [3.8, 4) is 0 Å². The van der Waals surface area contributed by atoms with E-state index in [0.29, 0.717) is 24.5 Å². The van der Waals surface area contributed by atoms with Gasteiger partial charge in [0, 0.05) is 11.4 Å². The monoisotopic (exact) mass is 291 g/mol. The van der Waals surface area contributed by atoms with Crippen molar-refractivity contribution in [1.29, 1.82) is 0 Å². The zero-order chi connectivity index (χ0) is 14.2. The highest BCUT2D eigenvalue weighted by atomic mass is 32.2. The summed E-state index contributed by atoms with van der Waals surface area (Å²) in [5, 5.41) is 3.03. The van der Waals surface area contributed by atoms with E-state index in [1.807, 2.05) is 25.1 Å². The van der Waals surface area contributed by atoms with Crippen LogP contribution in [0.4, 0.5) is 10.2 Å². The van der Waals surface area contributed by atoms with Crippen molar-refractivity contribution < 1.29 is 4.39 Å². The number of aryl methyl sites for hydroxylation is 1. The number of benzene rings is 1. The summed E-state index contributed by atoms with van der Waals surface area (Å²) in [6.45, 7) is 2.59. The first kappa shape index (κ1) is 14.8. The minimum Gasteiger partial charge on any atom is -0.368 e. The molecule has 0 saturated carbocycles. The third-order valence-electron chi connectivity index (χ3n) is 2.82. The standard InChI is InChI=1S/C15H18FN3S/c1-2-13-14(16)15(19-11-18-13)17-9-6-10-20-12-7-4-3-5-8-12/h3-5,7-8,11H,2,6,9-10H2,1H3,(H,17,18,19). The fraction of sp³-hybridized carbons (Fsp3) is 0.333. The van der Waals surface area contributed by atoms with E-state index in [4.69, 9.17) is 0 Å². The van der Waals surface area contributed by atoms with Gasteiger partial charge in [-0.1, -0.05) is 25.1 Å². The van der Waals surface area contributed by atoms with Crippen LogP contribution in [0.5, 0.6) is 0 Å². The number of aromatic nitrogens is 2. The molecule has 0 atom stereocenters. The molecule has 0 radical (unpaired) electrons. The number of thioether (sulfide) groups is 1. The number of nitrogens with zero attached hydrogens (tertiary/aromatic N) is 2. The molecule has 1 aromatic heterocycles. The summed E-state index contributed by atoms with van der Waals surface area (Å²) in [6, 6.07) is 10.3. The van der Waals surface area contributed by atoms with Crippen LogP contribution in [0.1, 0.15) is 19.0 Å². The van der Waals surface area contributed by atoms with Crippen molar-refractivity contribution in [2.75, 3.05) is 17.6 Å². The van der Waals surface area contributed by atoms with E-state index < -0.39 is 0 Å². The second-order valence-corrected chi connectivity index (χ2v) is 5.45. The SMILES string of the molecule is CCc1ncnc(NCCCSc2ccccc2)c1F. The molecular formula is C15H18FN3S. The summed E-state index contributed by atoms with van der Waals surface area (Å²) in [7, 11) is 0. The van der Waals surface area contributed by atoms with Gasteiger partial charge < -0.3 is 5.32 Å². The smallest absolute Gasteiger partial charge is 0.186 e. The molecule has 2 rings (SSSR count). The molecule has 20 heavy (non-hydrogen) atoms. The second-order valence-electron chi connectivity index (χ2n) is 4.28. The van der Waals surface area contributed by atoms with E-state index in [-0.39, 0.29) is 5.82 Å². The van der Waals surface area contributed by atoms with Crippen LogP contribution in [0, 0.1) is 5.82 Å². The van der Waals surface area contributed by atoms with Gasteiger partial charge >= 0.3 is 0 Å². The van der Waals surface area contributed by atoms with Gasteiger partial charge in [0.05, 0.1) is 5.69 Å². The molecule has 0 bridgehead atoms. The Bertz CT molecular complexity index is 534. The van der Waals surface area contributed by atoms with Crippen molar-refractivity contribution in [3.63, 3.8) is 0 Å². The van der Waals surface area contributed by atoms with Gasteiger partial charge in [0.25, 0.3) is 0 Å². The molecule has 0 saturated heterocycles. The number of rotatable bonds is 7. The zero-order valence-electron chi connectivity index (χ0n) is 11.5. The molecule has 106 valence electrons. The summed E-state index contributed by atoms with van der Waals surface area (Å²) in [4.78, 5) is 9.11. The summed E-state index contributed by atoms with van der Waals surface area (Å²) in [5.41, 5.74) is 0.459. The van der Waals surface area contributed by atoms with E-state index in [1.54, 1.807) is 11.8 Å². The topological polar surface area (TPSA) is 37.8 Å². The van der Waals surface area contributed by atoms with Gasteiger partial charge in [0.15, 0.2) is 11.6 Å². The Morgan fingerprint density at radius 2 is 2.00 bits per heavy atom. The first-order valence-corrected chi connectivity index (χ1v) is 7.71. The largest absolute Gasteiger partial charge is 0.368 e. The van der Waals surface area contributed by atoms with Gasteiger partial charge in [0.1, 0.15) is 6.33 Å². The number of hydrogen-bond donors (Lipinski definition) is 1. The average Bonchev–Trinajstić information content (AvgIpc) is 2.49. The highest BCUT2D eigenvalue weighted by molar-refractivity contribution is 7.99. The van der Waals surface area contributed by atoms with E-state index in [2.05, 4.69) is 27.4 Å². The fourth-order valence-corrected chi connectivity index (χ4v) is 2.64. The van der Waals surface area contributed by atoms with Crippen LogP contribution in [0.25, 0.3) is 0 Å². The molecule has 0 spiro atoms. The lowest BCUT2D eigenvalue weighted by atomic mass is 10.3. The highest BCUT2D eigenvalue weighted by Crippen LogP contribution is 2.18. The van der Waals surface area contributed by atoms with Crippen molar-refractivity contribution >= 4 is 17.6 Å². The van der Waals surface area contributed by atoms with Gasteiger partial charge in [-0.2, -0.15) is 0 Å². The molecular weight excluding hydrogens is 273 g/mol. The Morgan fingerprint density at radius 1 is 1.20 bits per heavy atom. The van der Waals surface area contributed by atoms with E-state index in [1.165, 1.54) is 11.2 Å². The highest BCUT2D eigenvalue weighted by Gasteiger charge is 2.08. The van der Waals surface area contributed by atoms with Crippen LogP contribution in [0.2, 0.25) is 0 Å². The quantitative estimate of drug-likeness (QED) is 0.622. The summed E-state index contributed by atoms with van der Waals surface area (Å²) >= 11 is 1.80. The van der Waals surface area contributed by atoms with Crippen molar-refractivity contribution in [1.82, 2.24) is 9.97 Å². The van der Waals surface area contributed by atoms with Crippen molar-refractivity contribution in [2.24, 2.45) is 0 Å². The Hall–Kier alpha value is -1.62. The molecule has 1 aromatic carbocycles. The van der Waals surface area contributed by atoms with Gasteiger partial charge in [-0.05, 0) is 30.7 Å². The number of anilines is 1. The summed E-state index contributed by atoms with van der Waals surface area (Å²) in [6.07, 6.45) is 2.93. The summed E-state index contributed by atoms with van der Waals surface area (Å²) < 4.78 is 13.9. The Morgan fingerprint density at radius 3 is 2.75 bits per heavy atom. The molecule has 3 nitrogen and oxygen atoms in total. The van der Waals surface area contributed by atoms with Gasteiger partial charge in [-0.25, -0.2) is 14.4 Å². The third-order valence-corrected chi connectivity index (χ3v) is 3.92. The predicted molar refractivity (Wildman–Crippen MR) is 81.6 cm³/mol. The van der Waals surface area contributed by atoms with Crippen LogP contribution in [-0.4, -0.2) is 22.3 Å². The first-order valence-electron chi connectivity index (χ1n) is 6.72. The van der Waals surface area contributed by atoms with Crippen molar-refractivity contribution in [2.45, 2.75) is 24.7 Å². The molecule has 0 aliphatic carbocycles. The Balaban J connectivity index is 1.74. The van der Waals surface area contributed by atoms with Crippen LogP contribution in [0.15, 0.2) is 41.6 Å². The van der Waals surface area contributed by atoms with Crippen LogP contribution >= 0.6 is 11.8 Å². The van der Waals surface area contributed by atoms with Crippen LogP contribution < -0.4 is 5.32 Å². The van der Waals surface area contributed by atoms with Crippen molar-refractivity contribution in [3.05, 3.63) is 48.2 Å². The molecule has 1 heterocycles. The lowest BCUT2D eigenvalue weighted by Gasteiger charge is -2.08. The number of nitrogens with one attached hydrogen (secondary N) is 1. The number of halogens is 1. The Kier molecular flexibility index (Phi) is 5.80. The van der Waals surface area contributed by atoms with Gasteiger partial charge in [0.2, 0.25) is 0 Å². The fourth-order valence-electron chi connectivity index (χ4n) is 1.76. The molecule has 0 aliphatic heterocycles. The maximum atomic E-state index is 13.9. The maximum Gasteiger partial charge on any atom is 0.186 e. The molecule has 5 heteroatoms. The second kappa shape index (κ2) is 7.85. The van der Waals surface area contributed by atoms with Crippen LogP contribution in [-0.2, 0) is 6.42 Å². The summed E-state index contributed by atoms with van der Waals surface area (Å²) in [5.74, 6) is 0.969. The molecule has 0 unspecified atom stereocenters. The van der Waals surface area contributed by atoms with E-state index >= 15 is 0 Å². The molecule has 0 aliphatic rings. The van der Waals surface area contributed by atoms with Gasteiger partial charge in [-0.15, -0.1) is 11.8 Å². The predicted octanol–water partition coefficient (Wildman–Crippen LogP) is 3.77. The zero-order valence-corrected chi connectivity index (χ0v) is 12.3. The van der Waals surface area contributed by atoms with Gasteiger partial charge in [-0.3, -0.25) is 0 Å². The van der Waals surface area contributed by atoms with E-state index in [0.717, 1.165) is 12.2 Å². The lowest BCUT2D eigenvalue weighted by molar-refractivity contribution is 0.596. The minimum absolute atomic E-state index is 0.307. The average molecular weight is 291 g/mol. The Labute approximate surface area is 123 Å². The molecule has 1 N–H and O–H groups in total. The normalized spacial score (nSPS) is 10.5. The maximum absolute atomic E-state index is 13.9. The molecule has 0 amide bonds. The third kappa shape index (κ3) is 4.20. The number of hydrogen-bond acceptors (Lipinski definition) is 4. The van der Waals surface area contributed by atoms with Crippen LogP contribution in [0.3, 0.4) is 0 Å². The first-order chi connectivity index (χ1) is 9.81. The minimum atomic E-state index is -0.328. The van der Waals surface area contributed by atoms with E-state index in [9.17, 15) is 4.39 Å².